The average molecular weight is 316 g/mol. The fraction of sp³-hybridized carbons (Fsp3) is 0.909. The summed E-state index contributed by atoms with van der Waals surface area (Å²) in [6.45, 7) is 3.83. The third-order valence-corrected chi connectivity index (χ3v) is 4.57. The minimum Gasteiger partial charge on any atom is -0.351 e. The third kappa shape index (κ3) is 8.41. The van der Waals surface area contributed by atoms with Crippen LogP contribution in [0.2, 0.25) is 0 Å². The van der Waals surface area contributed by atoms with Crippen molar-refractivity contribution in [2.75, 3.05) is 25.9 Å². The van der Waals surface area contributed by atoms with E-state index in [2.05, 4.69) is 12.2 Å². The number of unbranched alkanes of at least 4 members (excludes halogenated alkanes) is 1. The highest BCUT2D eigenvalue weighted by Crippen LogP contribution is 2.00. The number of amides is 1. The van der Waals surface area contributed by atoms with E-state index < -0.39 is 10.0 Å². The first-order valence-electron chi connectivity index (χ1n) is 6.30. The number of hydrogen-bond acceptors (Lipinski definition) is 4. The highest BCUT2D eigenvalue weighted by molar-refractivity contribution is 7.89. The summed E-state index contributed by atoms with van der Waals surface area (Å²) in [6, 6.07) is -0.0739. The molecule has 0 aliphatic rings. The van der Waals surface area contributed by atoms with Gasteiger partial charge in [-0.05, 0) is 13.3 Å². The first-order chi connectivity index (χ1) is 8.37. The summed E-state index contributed by atoms with van der Waals surface area (Å²) >= 11 is 0. The summed E-state index contributed by atoms with van der Waals surface area (Å²) in [5, 5.41) is 2.76. The van der Waals surface area contributed by atoms with Gasteiger partial charge in [0.05, 0.1) is 12.3 Å². The molecule has 0 radical (unpaired) electrons. The summed E-state index contributed by atoms with van der Waals surface area (Å²) in [7, 11) is -1.91. The summed E-state index contributed by atoms with van der Waals surface area (Å²) in [5.74, 6) is -0.312. The van der Waals surface area contributed by atoms with Gasteiger partial charge in [-0.25, -0.2) is 8.42 Å². The zero-order valence-corrected chi connectivity index (χ0v) is 13.5. The van der Waals surface area contributed by atoms with Crippen molar-refractivity contribution in [2.24, 2.45) is 5.73 Å². The van der Waals surface area contributed by atoms with Crippen LogP contribution in [-0.4, -0.2) is 50.6 Å². The lowest BCUT2D eigenvalue weighted by atomic mass is 10.1. The van der Waals surface area contributed by atoms with E-state index in [1.165, 1.54) is 7.05 Å². The number of rotatable bonds is 9. The third-order valence-electron chi connectivity index (χ3n) is 2.76. The Bertz CT molecular complexity index is 349. The Labute approximate surface area is 122 Å². The van der Waals surface area contributed by atoms with Gasteiger partial charge in [0.15, 0.2) is 0 Å². The number of halogens is 1. The topological polar surface area (TPSA) is 92.5 Å². The molecular formula is C11H26ClN3O3S. The van der Waals surface area contributed by atoms with Crippen LogP contribution in [0.3, 0.4) is 0 Å². The predicted octanol–water partition coefficient (Wildman–Crippen LogP) is 0.323. The molecule has 116 valence electrons. The quantitative estimate of drug-likeness (QED) is 0.641. The van der Waals surface area contributed by atoms with Crippen LogP contribution in [0.4, 0.5) is 0 Å². The molecule has 0 aromatic rings. The Morgan fingerprint density at radius 3 is 2.37 bits per heavy atom. The lowest BCUT2D eigenvalue weighted by Gasteiger charge is -2.19. The van der Waals surface area contributed by atoms with Crippen molar-refractivity contribution in [1.82, 2.24) is 9.62 Å². The first-order valence-corrected chi connectivity index (χ1v) is 7.91. The van der Waals surface area contributed by atoms with Gasteiger partial charge in [0.1, 0.15) is 0 Å². The molecule has 0 rings (SSSR count). The largest absolute Gasteiger partial charge is 0.351 e. The number of carbonyl (C=O) groups excluding carboxylic acids is 1. The van der Waals surface area contributed by atoms with E-state index in [1.807, 2.05) is 0 Å². The van der Waals surface area contributed by atoms with Crippen molar-refractivity contribution in [3.63, 3.8) is 0 Å². The fourth-order valence-corrected chi connectivity index (χ4v) is 2.25. The zero-order valence-electron chi connectivity index (χ0n) is 11.9. The van der Waals surface area contributed by atoms with Crippen molar-refractivity contribution in [3.05, 3.63) is 0 Å². The summed E-state index contributed by atoms with van der Waals surface area (Å²) < 4.78 is 24.0. The molecule has 1 amide bonds. The van der Waals surface area contributed by atoms with E-state index >= 15 is 0 Å². The van der Waals surface area contributed by atoms with Gasteiger partial charge in [-0.2, -0.15) is 4.31 Å². The van der Waals surface area contributed by atoms with E-state index in [-0.39, 0.29) is 36.7 Å². The van der Waals surface area contributed by atoms with Crippen LogP contribution in [0.25, 0.3) is 0 Å². The van der Waals surface area contributed by atoms with E-state index in [0.717, 1.165) is 23.6 Å². The van der Waals surface area contributed by atoms with Crippen LogP contribution >= 0.6 is 12.4 Å². The Kier molecular flexibility index (Phi) is 11.5. The van der Waals surface area contributed by atoms with Gasteiger partial charge in [0.2, 0.25) is 15.9 Å². The van der Waals surface area contributed by atoms with Gasteiger partial charge in [-0.1, -0.05) is 19.8 Å². The standard InChI is InChI=1S/C11H25N3O3S.ClH/c1-4-6-7-10(8-12)13-11(15)9-14(3)18(16,17)5-2;/h10H,4-9,12H2,1-3H3,(H,13,15);1H. The van der Waals surface area contributed by atoms with E-state index in [1.54, 1.807) is 6.92 Å². The number of nitrogens with one attached hydrogen (secondary N) is 1. The number of carbonyl (C=O) groups is 1. The molecular weight excluding hydrogens is 290 g/mol. The molecule has 0 aliphatic carbocycles. The molecule has 0 saturated heterocycles. The summed E-state index contributed by atoms with van der Waals surface area (Å²) in [5.41, 5.74) is 5.56. The minimum absolute atomic E-state index is 0. The number of likely N-dealkylation sites (N-methyl/N-ethyl adjacent to an activating group) is 1. The van der Waals surface area contributed by atoms with Gasteiger partial charge < -0.3 is 11.1 Å². The Morgan fingerprint density at radius 1 is 1.37 bits per heavy atom. The molecule has 8 heteroatoms. The molecule has 3 N–H and O–H groups in total. The second kappa shape index (κ2) is 10.4. The van der Waals surface area contributed by atoms with E-state index in [4.69, 9.17) is 5.73 Å². The molecule has 1 unspecified atom stereocenters. The van der Waals surface area contributed by atoms with Crippen LogP contribution in [0, 0.1) is 0 Å². The molecule has 1 atom stereocenters. The van der Waals surface area contributed by atoms with Crippen LogP contribution in [0.15, 0.2) is 0 Å². The normalized spacial score (nSPS) is 12.9. The molecule has 0 bridgehead atoms. The van der Waals surface area contributed by atoms with Crippen molar-refractivity contribution < 1.29 is 13.2 Å². The molecule has 0 aliphatic heterocycles. The number of nitrogens with zero attached hydrogens (tertiary/aromatic N) is 1. The number of hydrogen-bond donors (Lipinski definition) is 2. The average Bonchev–Trinajstić information content (AvgIpc) is 2.34. The molecule has 6 nitrogen and oxygen atoms in total. The molecule has 0 aromatic heterocycles. The Morgan fingerprint density at radius 2 is 1.95 bits per heavy atom. The molecule has 19 heavy (non-hydrogen) atoms. The van der Waals surface area contributed by atoms with Crippen molar-refractivity contribution in [3.8, 4) is 0 Å². The van der Waals surface area contributed by atoms with Gasteiger partial charge in [-0.3, -0.25) is 4.79 Å². The van der Waals surface area contributed by atoms with Gasteiger partial charge in [0, 0.05) is 19.6 Å². The fourth-order valence-electron chi connectivity index (χ4n) is 1.49. The first kappa shape index (κ1) is 20.9. The molecule has 0 saturated carbocycles. The van der Waals surface area contributed by atoms with Crippen molar-refractivity contribution in [1.29, 1.82) is 0 Å². The maximum Gasteiger partial charge on any atom is 0.235 e. The highest BCUT2D eigenvalue weighted by atomic mass is 35.5. The highest BCUT2D eigenvalue weighted by Gasteiger charge is 2.19. The molecule has 0 fully saturated rings. The summed E-state index contributed by atoms with van der Waals surface area (Å²) in [4.78, 5) is 11.7. The lowest BCUT2D eigenvalue weighted by molar-refractivity contribution is -0.121. The van der Waals surface area contributed by atoms with Gasteiger partial charge in [0.25, 0.3) is 0 Å². The van der Waals surface area contributed by atoms with Gasteiger partial charge in [-0.15, -0.1) is 12.4 Å². The predicted molar refractivity (Wildman–Crippen MR) is 79.8 cm³/mol. The van der Waals surface area contributed by atoms with E-state index in [9.17, 15) is 13.2 Å². The Balaban J connectivity index is 0. The molecule has 0 aromatic carbocycles. The van der Waals surface area contributed by atoms with Gasteiger partial charge >= 0.3 is 0 Å². The van der Waals surface area contributed by atoms with Crippen LogP contribution in [0.5, 0.6) is 0 Å². The monoisotopic (exact) mass is 315 g/mol. The smallest absolute Gasteiger partial charge is 0.235 e. The van der Waals surface area contributed by atoms with Crippen LogP contribution < -0.4 is 11.1 Å². The minimum atomic E-state index is -3.31. The molecule has 0 spiro atoms. The lowest BCUT2D eigenvalue weighted by Crippen LogP contribution is -2.45. The SMILES string of the molecule is CCCCC(CN)NC(=O)CN(C)S(=O)(=O)CC.Cl. The molecule has 0 heterocycles. The maximum atomic E-state index is 11.7. The van der Waals surface area contributed by atoms with Crippen LogP contribution in [0.1, 0.15) is 33.1 Å². The maximum absolute atomic E-state index is 11.7. The second-order valence-electron chi connectivity index (χ2n) is 4.30. The Hall–Kier alpha value is -0.370. The second-order valence-corrected chi connectivity index (χ2v) is 6.66. The number of sulfonamides is 1. The number of nitrogens with two attached hydrogens (primary N) is 1. The zero-order chi connectivity index (χ0) is 14.2. The van der Waals surface area contributed by atoms with Crippen molar-refractivity contribution in [2.45, 2.75) is 39.2 Å². The van der Waals surface area contributed by atoms with E-state index in [0.29, 0.717) is 6.54 Å². The summed E-state index contributed by atoms with van der Waals surface area (Å²) in [6.07, 6.45) is 2.85. The van der Waals surface area contributed by atoms with Crippen LogP contribution in [-0.2, 0) is 14.8 Å². The van der Waals surface area contributed by atoms with Crippen molar-refractivity contribution >= 4 is 28.3 Å².